The summed E-state index contributed by atoms with van der Waals surface area (Å²) in [4.78, 5) is 25.2. The molecule has 2 aliphatic rings. The van der Waals surface area contributed by atoms with Gasteiger partial charge in [0.05, 0.1) is 5.41 Å². The number of carbonyl (C=O) groups is 2. The molecule has 0 aromatic rings. The fourth-order valence-corrected chi connectivity index (χ4v) is 3.65. The minimum Gasteiger partial charge on any atom is -0.481 e. The number of amides is 2. The summed E-state index contributed by atoms with van der Waals surface area (Å²) in [6, 6.07) is 0.0580. The van der Waals surface area contributed by atoms with Gasteiger partial charge in [0.2, 0.25) is 0 Å². The summed E-state index contributed by atoms with van der Waals surface area (Å²) in [7, 11) is 0. The van der Waals surface area contributed by atoms with Crippen molar-refractivity contribution in [2.75, 3.05) is 13.1 Å². The van der Waals surface area contributed by atoms with E-state index in [4.69, 9.17) is 0 Å². The summed E-state index contributed by atoms with van der Waals surface area (Å²) in [5.41, 5.74) is -0.792. The van der Waals surface area contributed by atoms with Gasteiger partial charge in [0.15, 0.2) is 0 Å². The van der Waals surface area contributed by atoms with Crippen LogP contribution in [0.2, 0.25) is 0 Å². The van der Waals surface area contributed by atoms with E-state index in [0.717, 1.165) is 5.92 Å². The quantitative estimate of drug-likeness (QED) is 0.841. The molecule has 2 rings (SSSR count). The van der Waals surface area contributed by atoms with E-state index < -0.39 is 11.4 Å². The van der Waals surface area contributed by atoms with E-state index in [1.807, 2.05) is 0 Å². The summed E-state index contributed by atoms with van der Waals surface area (Å²) < 4.78 is 0. The van der Waals surface area contributed by atoms with Gasteiger partial charge in [-0.15, -0.1) is 0 Å². The number of hydrogen-bond donors (Lipinski definition) is 2. The number of carboxylic acid groups (broad SMARTS) is 1. The third kappa shape index (κ3) is 3.69. The van der Waals surface area contributed by atoms with Gasteiger partial charge in [0.1, 0.15) is 0 Å². The fourth-order valence-electron chi connectivity index (χ4n) is 3.65. The van der Waals surface area contributed by atoms with Crippen LogP contribution in [0.4, 0.5) is 4.79 Å². The molecule has 1 aliphatic carbocycles. The minimum absolute atomic E-state index is 0.106. The summed E-state index contributed by atoms with van der Waals surface area (Å²) in [6.07, 6.45) is 5.42. The van der Waals surface area contributed by atoms with Crippen LogP contribution in [0, 0.1) is 17.3 Å². The van der Waals surface area contributed by atoms with Gasteiger partial charge >= 0.3 is 12.0 Å². The normalized spacial score (nSPS) is 34.5. The lowest BCUT2D eigenvalue weighted by atomic mass is 9.79. The standard InChI is InChI=1S/C16H28N2O3/c1-11-5-4-6-13(9-11)12(2)17-15(21)18-8-7-16(3,10-18)14(19)20/h11-13H,4-10H2,1-3H3,(H,17,21)(H,19,20)/t11?,12-,13?,16?/m0/s1. The zero-order chi connectivity index (χ0) is 15.6. The van der Waals surface area contributed by atoms with E-state index in [-0.39, 0.29) is 12.1 Å². The topological polar surface area (TPSA) is 69.6 Å². The molecular weight excluding hydrogens is 268 g/mol. The number of likely N-dealkylation sites (tertiary alicyclic amines) is 1. The fraction of sp³-hybridized carbons (Fsp3) is 0.875. The number of aliphatic carboxylic acids is 1. The number of carbonyl (C=O) groups excluding carboxylic acids is 1. The van der Waals surface area contributed by atoms with Gasteiger partial charge in [0, 0.05) is 19.1 Å². The largest absolute Gasteiger partial charge is 0.481 e. The summed E-state index contributed by atoms with van der Waals surface area (Å²) in [5.74, 6) is 0.475. The van der Waals surface area contributed by atoms with Crippen molar-refractivity contribution in [1.82, 2.24) is 10.2 Å². The van der Waals surface area contributed by atoms with Crippen molar-refractivity contribution in [3.8, 4) is 0 Å². The van der Waals surface area contributed by atoms with Crippen LogP contribution in [0.1, 0.15) is 52.9 Å². The van der Waals surface area contributed by atoms with E-state index in [1.54, 1.807) is 11.8 Å². The number of nitrogens with zero attached hydrogens (tertiary/aromatic N) is 1. The molecule has 0 radical (unpaired) electrons. The molecule has 5 nitrogen and oxygen atoms in total. The highest BCUT2D eigenvalue weighted by atomic mass is 16.4. The molecule has 2 amide bonds. The maximum absolute atomic E-state index is 12.3. The highest BCUT2D eigenvalue weighted by Gasteiger charge is 2.42. The van der Waals surface area contributed by atoms with Crippen molar-refractivity contribution in [1.29, 1.82) is 0 Å². The SMILES string of the molecule is CC1CCCC([C@H](C)NC(=O)N2CCC(C)(C(=O)O)C2)C1. The Morgan fingerprint density at radius 3 is 2.67 bits per heavy atom. The van der Waals surface area contributed by atoms with Crippen LogP contribution in [0.25, 0.3) is 0 Å². The van der Waals surface area contributed by atoms with Crippen LogP contribution < -0.4 is 5.32 Å². The third-order valence-corrected chi connectivity index (χ3v) is 5.31. The summed E-state index contributed by atoms with van der Waals surface area (Å²) in [5, 5.41) is 12.3. The van der Waals surface area contributed by atoms with Crippen molar-refractivity contribution in [2.24, 2.45) is 17.3 Å². The number of hydrogen-bond acceptors (Lipinski definition) is 2. The van der Waals surface area contributed by atoms with Gasteiger partial charge in [0.25, 0.3) is 0 Å². The van der Waals surface area contributed by atoms with E-state index in [9.17, 15) is 14.7 Å². The van der Waals surface area contributed by atoms with Crippen LogP contribution in [0.5, 0.6) is 0 Å². The highest BCUT2D eigenvalue weighted by Crippen LogP contribution is 2.32. The van der Waals surface area contributed by atoms with Gasteiger partial charge in [-0.3, -0.25) is 4.79 Å². The van der Waals surface area contributed by atoms with Crippen molar-refractivity contribution in [3.05, 3.63) is 0 Å². The predicted molar refractivity (Wildman–Crippen MR) is 81.0 cm³/mol. The molecule has 3 unspecified atom stereocenters. The van der Waals surface area contributed by atoms with E-state index >= 15 is 0 Å². The third-order valence-electron chi connectivity index (χ3n) is 5.31. The van der Waals surface area contributed by atoms with Crippen LogP contribution in [-0.2, 0) is 4.79 Å². The van der Waals surface area contributed by atoms with Gasteiger partial charge in [-0.05, 0) is 44.9 Å². The maximum Gasteiger partial charge on any atom is 0.317 e. The molecule has 0 aromatic carbocycles. The highest BCUT2D eigenvalue weighted by molar-refractivity contribution is 5.79. The smallest absolute Gasteiger partial charge is 0.317 e. The molecule has 2 fully saturated rings. The Bertz CT molecular complexity index is 412. The number of urea groups is 1. The van der Waals surface area contributed by atoms with E-state index in [1.165, 1.54) is 25.7 Å². The average Bonchev–Trinajstić information content (AvgIpc) is 2.83. The second-order valence-electron chi connectivity index (χ2n) is 7.31. The first kappa shape index (κ1) is 16.1. The Balaban J connectivity index is 1.86. The first-order valence-electron chi connectivity index (χ1n) is 8.10. The lowest BCUT2D eigenvalue weighted by Crippen LogP contribution is -2.47. The lowest BCUT2D eigenvalue weighted by Gasteiger charge is -2.33. The molecule has 120 valence electrons. The number of rotatable bonds is 3. The van der Waals surface area contributed by atoms with Crippen molar-refractivity contribution >= 4 is 12.0 Å². The first-order chi connectivity index (χ1) is 9.82. The van der Waals surface area contributed by atoms with Crippen molar-refractivity contribution in [2.45, 2.75) is 58.9 Å². The Labute approximate surface area is 127 Å². The van der Waals surface area contributed by atoms with Crippen molar-refractivity contribution < 1.29 is 14.7 Å². The van der Waals surface area contributed by atoms with E-state index in [0.29, 0.717) is 25.4 Å². The van der Waals surface area contributed by atoms with Crippen LogP contribution >= 0.6 is 0 Å². The molecule has 1 saturated carbocycles. The number of carboxylic acids is 1. The average molecular weight is 296 g/mol. The molecular formula is C16H28N2O3. The van der Waals surface area contributed by atoms with Crippen LogP contribution in [0.3, 0.4) is 0 Å². The van der Waals surface area contributed by atoms with Crippen LogP contribution in [-0.4, -0.2) is 41.1 Å². The van der Waals surface area contributed by atoms with Gasteiger partial charge in [-0.1, -0.05) is 19.8 Å². The molecule has 0 aromatic heterocycles. The molecule has 4 atom stereocenters. The summed E-state index contributed by atoms with van der Waals surface area (Å²) >= 11 is 0. The molecule has 0 bridgehead atoms. The second-order valence-corrected chi connectivity index (χ2v) is 7.31. The lowest BCUT2D eigenvalue weighted by molar-refractivity contribution is -0.147. The van der Waals surface area contributed by atoms with Crippen LogP contribution in [0.15, 0.2) is 0 Å². The zero-order valence-electron chi connectivity index (χ0n) is 13.4. The molecule has 1 saturated heterocycles. The molecule has 2 N–H and O–H groups in total. The molecule has 1 heterocycles. The molecule has 1 aliphatic heterocycles. The predicted octanol–water partition coefficient (Wildman–Crippen LogP) is 2.71. The van der Waals surface area contributed by atoms with Gasteiger partial charge in [-0.2, -0.15) is 0 Å². The monoisotopic (exact) mass is 296 g/mol. The molecule has 0 spiro atoms. The minimum atomic E-state index is -0.813. The maximum atomic E-state index is 12.3. The Morgan fingerprint density at radius 1 is 1.38 bits per heavy atom. The van der Waals surface area contributed by atoms with Crippen molar-refractivity contribution in [3.63, 3.8) is 0 Å². The van der Waals surface area contributed by atoms with Gasteiger partial charge < -0.3 is 15.3 Å². The Kier molecular flexibility index (Phi) is 4.79. The Hall–Kier alpha value is -1.26. The van der Waals surface area contributed by atoms with E-state index in [2.05, 4.69) is 19.2 Å². The first-order valence-corrected chi connectivity index (χ1v) is 8.10. The molecule has 5 heteroatoms. The van der Waals surface area contributed by atoms with Gasteiger partial charge in [-0.25, -0.2) is 4.79 Å². The molecule has 21 heavy (non-hydrogen) atoms. The number of nitrogens with one attached hydrogen (secondary N) is 1. The Morgan fingerprint density at radius 2 is 2.10 bits per heavy atom. The second kappa shape index (κ2) is 6.24. The summed E-state index contributed by atoms with van der Waals surface area (Å²) in [6.45, 7) is 6.91. The zero-order valence-corrected chi connectivity index (χ0v) is 13.4.